The van der Waals surface area contributed by atoms with Gasteiger partial charge in [-0.2, -0.15) is 0 Å². The minimum Gasteiger partial charge on any atom is -0.385 e. The second-order valence-electron chi connectivity index (χ2n) is 6.22. The average Bonchev–Trinajstić information content (AvgIpc) is 2.57. The molecule has 0 saturated carbocycles. The summed E-state index contributed by atoms with van der Waals surface area (Å²) in [6.07, 6.45) is 5.56. The molecule has 0 saturated heterocycles. The first-order valence-electron chi connectivity index (χ1n) is 8.67. The third-order valence-corrected chi connectivity index (χ3v) is 4.36. The largest absolute Gasteiger partial charge is 0.385 e. The lowest BCUT2D eigenvalue weighted by Gasteiger charge is -2.17. The number of unbranched alkanes of at least 4 members (excludes halogenated alkanes) is 1. The maximum absolute atomic E-state index is 4.36. The number of allylic oxidation sites excluding steroid dienone is 3. The van der Waals surface area contributed by atoms with E-state index >= 15 is 0 Å². The number of benzene rings is 1. The Balaban J connectivity index is 2.61. The molecule has 0 amide bonds. The van der Waals surface area contributed by atoms with Crippen LogP contribution in [0.25, 0.3) is 5.57 Å². The molecule has 126 valence electrons. The zero-order valence-corrected chi connectivity index (χ0v) is 15.4. The van der Waals surface area contributed by atoms with Gasteiger partial charge in [0.25, 0.3) is 0 Å². The van der Waals surface area contributed by atoms with Gasteiger partial charge in [0.05, 0.1) is 0 Å². The molecule has 23 heavy (non-hydrogen) atoms. The third-order valence-electron chi connectivity index (χ3n) is 4.36. The highest BCUT2D eigenvalue weighted by Crippen LogP contribution is 2.20. The van der Waals surface area contributed by atoms with Crippen molar-refractivity contribution in [2.45, 2.75) is 60.4 Å². The fraction of sp³-hybridized carbons (Fsp3) is 0.476. The van der Waals surface area contributed by atoms with E-state index in [1.165, 1.54) is 36.0 Å². The van der Waals surface area contributed by atoms with Gasteiger partial charge >= 0.3 is 0 Å². The number of aliphatic imine (C=N–C) groups is 1. The molecule has 0 aliphatic rings. The molecule has 0 radical (unpaired) electrons. The molecular weight excluding hydrogens is 280 g/mol. The van der Waals surface area contributed by atoms with Gasteiger partial charge < -0.3 is 5.32 Å². The summed E-state index contributed by atoms with van der Waals surface area (Å²) in [5, 5.41) is 3.47. The summed E-state index contributed by atoms with van der Waals surface area (Å²) in [5.41, 5.74) is 5.94. The second-order valence-corrected chi connectivity index (χ2v) is 6.22. The van der Waals surface area contributed by atoms with Crippen LogP contribution in [0.1, 0.15) is 65.0 Å². The fourth-order valence-corrected chi connectivity index (χ4v) is 2.45. The molecule has 0 spiro atoms. The van der Waals surface area contributed by atoms with E-state index in [0.29, 0.717) is 5.92 Å². The Morgan fingerprint density at radius 3 is 2.48 bits per heavy atom. The lowest BCUT2D eigenvalue weighted by atomic mass is 10.0. The van der Waals surface area contributed by atoms with Crippen LogP contribution >= 0.6 is 0 Å². The first kappa shape index (κ1) is 19.2. The maximum atomic E-state index is 4.36. The van der Waals surface area contributed by atoms with E-state index in [4.69, 9.17) is 0 Å². The monoisotopic (exact) mass is 312 g/mol. The summed E-state index contributed by atoms with van der Waals surface area (Å²) >= 11 is 0. The van der Waals surface area contributed by atoms with Crippen molar-refractivity contribution in [3.8, 4) is 0 Å². The van der Waals surface area contributed by atoms with Crippen LogP contribution in [-0.2, 0) is 6.54 Å². The Morgan fingerprint density at radius 2 is 1.91 bits per heavy atom. The zero-order valence-electron chi connectivity index (χ0n) is 15.4. The molecule has 1 rings (SSSR count). The second kappa shape index (κ2) is 10.0. The quantitative estimate of drug-likeness (QED) is 0.559. The standard InChI is InChI=1S/C21H32N2/c1-7-9-10-16(3)18(5)23-15-20-11-13-21(14-12-20)17(4)19(6)22-8-2/h8,11-14,16,23H,5,7,9-10,15H2,1-4,6H3/b19-17+,22-8?. The molecular formula is C21H32N2. The average molecular weight is 313 g/mol. The predicted octanol–water partition coefficient (Wildman–Crippen LogP) is 5.96. The van der Waals surface area contributed by atoms with Crippen LogP contribution in [0.2, 0.25) is 0 Å². The van der Waals surface area contributed by atoms with Crippen LogP contribution in [0.3, 0.4) is 0 Å². The summed E-state index contributed by atoms with van der Waals surface area (Å²) in [7, 11) is 0. The van der Waals surface area contributed by atoms with E-state index in [2.05, 4.69) is 61.9 Å². The van der Waals surface area contributed by atoms with Crippen LogP contribution in [0.15, 0.2) is 47.2 Å². The third kappa shape index (κ3) is 6.43. The van der Waals surface area contributed by atoms with Gasteiger partial charge in [0.1, 0.15) is 0 Å². The van der Waals surface area contributed by atoms with E-state index in [1.807, 2.05) is 20.1 Å². The lowest BCUT2D eigenvalue weighted by Crippen LogP contribution is -2.17. The summed E-state index contributed by atoms with van der Waals surface area (Å²) < 4.78 is 0. The first-order valence-corrected chi connectivity index (χ1v) is 8.67. The molecule has 1 unspecified atom stereocenters. The summed E-state index contributed by atoms with van der Waals surface area (Å²) in [6, 6.07) is 8.70. The van der Waals surface area contributed by atoms with E-state index in [0.717, 1.165) is 17.9 Å². The molecule has 1 aromatic carbocycles. The first-order chi connectivity index (χ1) is 11.0. The van der Waals surface area contributed by atoms with E-state index in [-0.39, 0.29) is 0 Å². The molecule has 1 aromatic rings. The van der Waals surface area contributed by atoms with Gasteiger partial charge in [-0.15, -0.1) is 0 Å². The summed E-state index contributed by atoms with van der Waals surface area (Å²) in [4.78, 5) is 4.36. The molecule has 2 nitrogen and oxygen atoms in total. The molecule has 0 bridgehead atoms. The van der Waals surface area contributed by atoms with Gasteiger partial charge in [0, 0.05) is 24.2 Å². The SMILES string of the molecule is C=C(NCc1ccc(/C(C)=C(\C)N=CC)cc1)C(C)CCCC. The number of hydrogen-bond acceptors (Lipinski definition) is 2. The van der Waals surface area contributed by atoms with Crippen molar-refractivity contribution in [3.05, 3.63) is 53.4 Å². The topological polar surface area (TPSA) is 24.4 Å². The van der Waals surface area contributed by atoms with Crippen LogP contribution in [0.5, 0.6) is 0 Å². The molecule has 0 aliphatic heterocycles. The van der Waals surface area contributed by atoms with Gasteiger partial charge in [-0.25, -0.2) is 0 Å². The van der Waals surface area contributed by atoms with Gasteiger partial charge in [-0.3, -0.25) is 4.99 Å². The van der Waals surface area contributed by atoms with Gasteiger partial charge in [0.15, 0.2) is 0 Å². The Hall–Kier alpha value is -1.83. The molecule has 0 aliphatic carbocycles. The Labute approximate surface area is 142 Å². The molecule has 0 aromatic heterocycles. The fourth-order valence-electron chi connectivity index (χ4n) is 2.45. The van der Waals surface area contributed by atoms with Gasteiger partial charge in [-0.05, 0) is 49.8 Å². The van der Waals surface area contributed by atoms with Crippen molar-refractivity contribution in [2.75, 3.05) is 0 Å². The number of hydrogen-bond donors (Lipinski definition) is 1. The smallest absolute Gasteiger partial charge is 0.0403 e. The molecule has 0 heterocycles. The Morgan fingerprint density at radius 1 is 1.26 bits per heavy atom. The lowest BCUT2D eigenvalue weighted by molar-refractivity contribution is 0.534. The zero-order chi connectivity index (χ0) is 17.2. The summed E-state index contributed by atoms with van der Waals surface area (Å²) in [6.45, 7) is 15.6. The number of nitrogens with zero attached hydrogens (tertiary/aromatic N) is 1. The molecule has 1 atom stereocenters. The van der Waals surface area contributed by atoms with Crippen LogP contribution in [0.4, 0.5) is 0 Å². The van der Waals surface area contributed by atoms with Crippen LogP contribution in [0, 0.1) is 5.92 Å². The molecule has 2 heteroatoms. The van der Waals surface area contributed by atoms with Gasteiger partial charge in [0.2, 0.25) is 0 Å². The van der Waals surface area contributed by atoms with E-state index < -0.39 is 0 Å². The van der Waals surface area contributed by atoms with Crippen LogP contribution < -0.4 is 5.32 Å². The van der Waals surface area contributed by atoms with Crippen molar-refractivity contribution in [2.24, 2.45) is 10.9 Å². The minimum atomic E-state index is 0.536. The number of nitrogens with one attached hydrogen (secondary N) is 1. The Bertz CT molecular complexity index is 550. The van der Waals surface area contributed by atoms with Crippen molar-refractivity contribution >= 4 is 11.8 Å². The summed E-state index contributed by atoms with van der Waals surface area (Å²) in [5.74, 6) is 0.536. The highest BCUT2D eigenvalue weighted by atomic mass is 14.9. The molecule has 0 fully saturated rings. The molecule has 1 N–H and O–H groups in total. The van der Waals surface area contributed by atoms with Crippen molar-refractivity contribution < 1.29 is 0 Å². The Kier molecular flexibility index (Phi) is 8.39. The highest BCUT2D eigenvalue weighted by Gasteiger charge is 2.06. The normalized spacial score (nSPS) is 13.8. The number of rotatable bonds is 9. The van der Waals surface area contributed by atoms with Crippen LogP contribution in [-0.4, -0.2) is 6.21 Å². The maximum Gasteiger partial charge on any atom is 0.0403 e. The van der Waals surface area contributed by atoms with Crippen molar-refractivity contribution in [3.63, 3.8) is 0 Å². The van der Waals surface area contributed by atoms with Gasteiger partial charge in [-0.1, -0.05) is 57.5 Å². The van der Waals surface area contributed by atoms with Crippen molar-refractivity contribution in [1.82, 2.24) is 5.32 Å². The predicted molar refractivity (Wildman–Crippen MR) is 104 cm³/mol. The highest BCUT2D eigenvalue weighted by molar-refractivity contribution is 5.69. The van der Waals surface area contributed by atoms with E-state index in [1.54, 1.807) is 0 Å². The van der Waals surface area contributed by atoms with E-state index in [9.17, 15) is 0 Å². The minimum absolute atomic E-state index is 0.536. The van der Waals surface area contributed by atoms with Crippen molar-refractivity contribution in [1.29, 1.82) is 0 Å².